The largest absolute Gasteiger partial charge is 0.354 e. The van der Waals surface area contributed by atoms with Gasteiger partial charge in [-0.1, -0.05) is 0 Å². The molecule has 0 aromatic heterocycles. The number of nitriles is 1. The van der Waals surface area contributed by atoms with Crippen molar-refractivity contribution in [1.82, 2.24) is 4.90 Å². The Morgan fingerprint density at radius 3 is 1.94 bits per heavy atom. The summed E-state index contributed by atoms with van der Waals surface area (Å²) in [6.07, 6.45) is 7.99. The average molecular weight is 231 g/mol. The second-order valence-electron chi connectivity index (χ2n) is 6.58. The highest BCUT2D eigenvalue weighted by Crippen LogP contribution is 2.57. The van der Waals surface area contributed by atoms with Crippen LogP contribution in [-0.2, 0) is 0 Å². The zero-order valence-electron chi connectivity index (χ0n) is 10.8. The monoisotopic (exact) mass is 231 g/mol. The molecule has 4 rings (SSSR count). The lowest BCUT2D eigenvalue weighted by Crippen LogP contribution is -2.50. The third kappa shape index (κ3) is 1.84. The maximum atomic E-state index is 9.18. The van der Waals surface area contributed by atoms with Gasteiger partial charge in [0.15, 0.2) is 0 Å². The van der Waals surface area contributed by atoms with Crippen molar-refractivity contribution < 1.29 is 0 Å². The van der Waals surface area contributed by atoms with E-state index in [9.17, 15) is 5.26 Å². The Bertz CT molecular complexity index is 353. The molecule has 3 nitrogen and oxygen atoms in total. The highest BCUT2D eigenvalue weighted by molar-refractivity contribution is 5.96. The Kier molecular flexibility index (Phi) is 2.43. The van der Waals surface area contributed by atoms with Gasteiger partial charge in [-0.3, -0.25) is 4.99 Å². The summed E-state index contributed by atoms with van der Waals surface area (Å²) >= 11 is 0. The van der Waals surface area contributed by atoms with Gasteiger partial charge in [-0.2, -0.15) is 5.26 Å². The second-order valence-corrected chi connectivity index (χ2v) is 6.58. The molecule has 0 aliphatic heterocycles. The molecule has 17 heavy (non-hydrogen) atoms. The number of hydrogen-bond acceptors (Lipinski definition) is 2. The molecule has 4 bridgehead atoms. The molecule has 4 aliphatic carbocycles. The third-order valence-corrected chi connectivity index (χ3v) is 4.87. The number of amidine groups is 1. The van der Waals surface area contributed by atoms with Crippen molar-refractivity contribution in [3.63, 3.8) is 0 Å². The lowest BCUT2D eigenvalue weighted by atomic mass is 9.53. The molecule has 4 saturated carbocycles. The Labute approximate surface area is 104 Å². The van der Waals surface area contributed by atoms with Crippen LogP contribution >= 0.6 is 0 Å². The van der Waals surface area contributed by atoms with E-state index in [1.165, 1.54) is 38.5 Å². The predicted octanol–water partition coefficient (Wildman–Crippen LogP) is 2.44. The molecule has 0 aromatic rings. The minimum absolute atomic E-state index is 0.129. The molecule has 0 aromatic carbocycles. The van der Waals surface area contributed by atoms with Crippen LogP contribution in [0.4, 0.5) is 0 Å². The van der Waals surface area contributed by atoms with Crippen LogP contribution in [0.25, 0.3) is 0 Å². The zero-order chi connectivity index (χ0) is 12.0. The first-order valence-electron chi connectivity index (χ1n) is 6.77. The fourth-order valence-corrected chi connectivity index (χ4v) is 4.65. The van der Waals surface area contributed by atoms with Crippen molar-refractivity contribution in [1.29, 1.82) is 5.26 Å². The van der Waals surface area contributed by atoms with Gasteiger partial charge in [0.1, 0.15) is 6.07 Å². The first-order chi connectivity index (χ1) is 8.10. The summed E-state index contributed by atoms with van der Waals surface area (Å²) in [5, 5.41) is 9.18. The molecule has 0 atom stereocenters. The van der Waals surface area contributed by atoms with E-state index in [0.717, 1.165) is 17.8 Å². The Morgan fingerprint density at radius 2 is 1.59 bits per heavy atom. The van der Waals surface area contributed by atoms with Gasteiger partial charge in [-0.05, 0) is 56.3 Å². The lowest BCUT2D eigenvalue weighted by Gasteiger charge is -2.55. The lowest BCUT2D eigenvalue weighted by molar-refractivity contribution is 0.00133. The van der Waals surface area contributed by atoms with E-state index in [4.69, 9.17) is 4.99 Å². The highest BCUT2D eigenvalue weighted by atomic mass is 15.2. The highest BCUT2D eigenvalue weighted by Gasteiger charge is 2.51. The van der Waals surface area contributed by atoms with Crippen LogP contribution in [0.1, 0.15) is 38.5 Å². The summed E-state index contributed by atoms with van der Waals surface area (Å²) in [7, 11) is 3.84. The maximum Gasteiger partial charge on any atom is 0.204 e. The average Bonchev–Trinajstić information content (AvgIpc) is 2.23. The third-order valence-electron chi connectivity index (χ3n) is 4.87. The van der Waals surface area contributed by atoms with Crippen molar-refractivity contribution in [3.05, 3.63) is 0 Å². The standard InChI is InChI=1S/C14H21N3/c1-17(2)13(9-15)16-14-6-10-3-11(7-14)5-12(4-10)8-14/h10-12H,3-8H2,1-2H3. The van der Waals surface area contributed by atoms with Crippen molar-refractivity contribution in [2.45, 2.75) is 44.1 Å². The van der Waals surface area contributed by atoms with Crippen LogP contribution in [0, 0.1) is 29.1 Å². The molecule has 3 heteroatoms. The van der Waals surface area contributed by atoms with Gasteiger partial charge in [0.05, 0.1) is 5.54 Å². The molecule has 4 aliphatic rings. The number of nitrogens with zero attached hydrogens (tertiary/aromatic N) is 3. The van der Waals surface area contributed by atoms with Gasteiger partial charge in [0.25, 0.3) is 0 Å². The Hall–Kier alpha value is -1.04. The molecule has 0 radical (unpaired) electrons. The van der Waals surface area contributed by atoms with Gasteiger partial charge < -0.3 is 4.90 Å². The summed E-state index contributed by atoms with van der Waals surface area (Å²) < 4.78 is 0. The van der Waals surface area contributed by atoms with Crippen molar-refractivity contribution in [3.8, 4) is 6.07 Å². The summed E-state index contributed by atoms with van der Waals surface area (Å²) in [6, 6.07) is 2.25. The summed E-state index contributed by atoms with van der Waals surface area (Å²) in [5.41, 5.74) is 0.129. The molecule has 4 fully saturated rings. The summed E-state index contributed by atoms with van der Waals surface area (Å²) in [4.78, 5) is 6.73. The van der Waals surface area contributed by atoms with Crippen LogP contribution in [0.5, 0.6) is 0 Å². The number of aliphatic imine (C=N–C) groups is 1. The minimum atomic E-state index is 0.129. The van der Waals surface area contributed by atoms with E-state index < -0.39 is 0 Å². The maximum absolute atomic E-state index is 9.18. The van der Waals surface area contributed by atoms with Gasteiger partial charge in [-0.25, -0.2) is 0 Å². The van der Waals surface area contributed by atoms with Crippen molar-refractivity contribution in [2.24, 2.45) is 22.7 Å². The topological polar surface area (TPSA) is 39.4 Å². The minimum Gasteiger partial charge on any atom is -0.354 e. The number of hydrogen-bond donors (Lipinski definition) is 0. The first-order valence-corrected chi connectivity index (χ1v) is 6.77. The van der Waals surface area contributed by atoms with E-state index in [1.54, 1.807) is 0 Å². The van der Waals surface area contributed by atoms with Crippen LogP contribution in [0.3, 0.4) is 0 Å². The molecule has 0 spiro atoms. The van der Waals surface area contributed by atoms with E-state index in [2.05, 4.69) is 6.07 Å². The van der Waals surface area contributed by atoms with Crippen molar-refractivity contribution in [2.75, 3.05) is 14.1 Å². The second kappa shape index (κ2) is 3.73. The first kappa shape index (κ1) is 11.1. The predicted molar refractivity (Wildman–Crippen MR) is 67.6 cm³/mol. The molecular formula is C14H21N3. The number of rotatable bonds is 1. The van der Waals surface area contributed by atoms with Crippen LogP contribution in [-0.4, -0.2) is 30.4 Å². The molecular weight excluding hydrogens is 210 g/mol. The van der Waals surface area contributed by atoms with Gasteiger partial charge >= 0.3 is 0 Å². The van der Waals surface area contributed by atoms with Gasteiger partial charge in [-0.15, -0.1) is 0 Å². The van der Waals surface area contributed by atoms with E-state index in [-0.39, 0.29) is 5.54 Å². The molecule has 0 unspecified atom stereocenters. The molecule has 0 amide bonds. The smallest absolute Gasteiger partial charge is 0.204 e. The molecule has 0 saturated heterocycles. The SMILES string of the molecule is CN(C)C(C#N)=NC12CC3CC(CC(C3)C1)C2. The summed E-state index contributed by atoms with van der Waals surface area (Å²) in [5.74, 6) is 3.30. The van der Waals surface area contributed by atoms with E-state index >= 15 is 0 Å². The summed E-state index contributed by atoms with van der Waals surface area (Å²) in [6.45, 7) is 0. The Balaban J connectivity index is 1.90. The fourth-order valence-electron chi connectivity index (χ4n) is 4.65. The van der Waals surface area contributed by atoms with Crippen LogP contribution in [0.2, 0.25) is 0 Å². The fraction of sp³-hybridized carbons (Fsp3) is 0.857. The quantitative estimate of drug-likeness (QED) is 0.513. The Morgan fingerprint density at radius 1 is 1.12 bits per heavy atom. The van der Waals surface area contributed by atoms with Crippen LogP contribution < -0.4 is 0 Å². The van der Waals surface area contributed by atoms with E-state index in [0.29, 0.717) is 5.84 Å². The molecule has 0 N–H and O–H groups in total. The molecule has 92 valence electrons. The molecule has 0 heterocycles. The van der Waals surface area contributed by atoms with Crippen LogP contribution in [0.15, 0.2) is 4.99 Å². The van der Waals surface area contributed by atoms with E-state index in [1.807, 2.05) is 19.0 Å². The zero-order valence-corrected chi connectivity index (χ0v) is 10.8. The van der Waals surface area contributed by atoms with Gasteiger partial charge in [0, 0.05) is 14.1 Å². The van der Waals surface area contributed by atoms with Crippen molar-refractivity contribution >= 4 is 5.84 Å². The normalized spacial score (nSPS) is 43.6. The van der Waals surface area contributed by atoms with Gasteiger partial charge in [0.2, 0.25) is 5.84 Å².